The third kappa shape index (κ3) is 2.68. The minimum atomic E-state index is -0.238. The van der Waals surface area contributed by atoms with Gasteiger partial charge < -0.3 is 9.73 Å². The molecule has 0 saturated carbocycles. The van der Waals surface area contributed by atoms with Crippen LogP contribution in [0.4, 0.5) is 4.39 Å². The average molecular weight is 260 g/mol. The Labute approximate surface area is 111 Å². The largest absolute Gasteiger partial charge is 0.448 e. The molecule has 0 radical (unpaired) electrons. The van der Waals surface area contributed by atoms with Crippen LogP contribution in [0, 0.1) is 5.82 Å². The highest BCUT2D eigenvalue weighted by molar-refractivity contribution is 5.57. The first kappa shape index (κ1) is 12.4. The number of hydrogen-bond acceptors (Lipinski definition) is 3. The van der Waals surface area contributed by atoms with Crippen molar-refractivity contribution in [2.24, 2.45) is 0 Å². The van der Waals surface area contributed by atoms with E-state index in [9.17, 15) is 4.39 Å². The van der Waals surface area contributed by atoms with E-state index in [1.807, 2.05) is 0 Å². The fourth-order valence-electron chi connectivity index (χ4n) is 2.44. The summed E-state index contributed by atoms with van der Waals surface area (Å²) in [5, 5.41) is 3.44. The second kappa shape index (κ2) is 5.13. The van der Waals surface area contributed by atoms with E-state index in [0.717, 1.165) is 36.5 Å². The molecule has 19 heavy (non-hydrogen) atoms. The molecule has 1 aliphatic heterocycles. The van der Waals surface area contributed by atoms with Crippen molar-refractivity contribution in [1.82, 2.24) is 10.3 Å². The monoisotopic (exact) mass is 260 g/mol. The summed E-state index contributed by atoms with van der Waals surface area (Å²) in [6, 6.07) is 6.89. The van der Waals surface area contributed by atoms with Crippen molar-refractivity contribution in [2.45, 2.75) is 31.7 Å². The van der Waals surface area contributed by atoms with E-state index < -0.39 is 0 Å². The van der Waals surface area contributed by atoms with Gasteiger partial charge in [0.2, 0.25) is 0 Å². The van der Waals surface area contributed by atoms with Crippen LogP contribution in [0.5, 0.6) is 0 Å². The van der Waals surface area contributed by atoms with E-state index in [1.54, 1.807) is 18.4 Å². The zero-order valence-corrected chi connectivity index (χ0v) is 10.9. The van der Waals surface area contributed by atoms with Crippen LogP contribution in [-0.4, -0.2) is 17.6 Å². The summed E-state index contributed by atoms with van der Waals surface area (Å²) in [7, 11) is 0. The number of nitrogens with zero attached hydrogens (tertiary/aromatic N) is 1. The second-order valence-corrected chi connectivity index (χ2v) is 5.16. The Bertz CT molecular complexity index is 542. The van der Waals surface area contributed by atoms with Gasteiger partial charge in [0, 0.05) is 24.1 Å². The minimum Gasteiger partial charge on any atom is -0.448 e. The van der Waals surface area contributed by atoms with Crippen LogP contribution in [0.3, 0.4) is 0 Å². The highest BCUT2D eigenvalue weighted by Crippen LogP contribution is 2.27. The highest BCUT2D eigenvalue weighted by Gasteiger charge is 2.23. The maximum absolute atomic E-state index is 12.9. The number of benzene rings is 1. The molecule has 0 amide bonds. The molecule has 1 saturated heterocycles. The molecular weight excluding hydrogens is 243 g/mol. The molecule has 2 heterocycles. The van der Waals surface area contributed by atoms with Crippen LogP contribution >= 0.6 is 0 Å². The van der Waals surface area contributed by atoms with E-state index in [1.165, 1.54) is 12.1 Å². The van der Waals surface area contributed by atoms with Crippen molar-refractivity contribution >= 4 is 0 Å². The van der Waals surface area contributed by atoms with Crippen molar-refractivity contribution in [2.75, 3.05) is 6.54 Å². The Morgan fingerprint density at radius 2 is 2.05 bits per heavy atom. The third-order valence-electron chi connectivity index (χ3n) is 3.67. The number of nitrogens with one attached hydrogen (secondary N) is 1. The summed E-state index contributed by atoms with van der Waals surface area (Å²) in [4.78, 5) is 4.53. The smallest absolute Gasteiger partial charge is 0.198 e. The van der Waals surface area contributed by atoms with Crippen LogP contribution in [0.15, 0.2) is 34.9 Å². The lowest BCUT2D eigenvalue weighted by Crippen LogP contribution is -2.35. The normalized spacial score (nSPS) is 23.5. The molecule has 0 spiro atoms. The number of rotatable bonds is 2. The first-order valence-electron chi connectivity index (χ1n) is 6.67. The van der Waals surface area contributed by atoms with Gasteiger partial charge in [-0.05, 0) is 44.0 Å². The average Bonchev–Trinajstić information content (AvgIpc) is 2.90. The number of piperidine rings is 1. The third-order valence-corrected chi connectivity index (χ3v) is 3.67. The summed E-state index contributed by atoms with van der Waals surface area (Å²) >= 11 is 0. The van der Waals surface area contributed by atoms with Gasteiger partial charge in [-0.2, -0.15) is 0 Å². The van der Waals surface area contributed by atoms with Crippen molar-refractivity contribution in [1.29, 1.82) is 0 Å². The highest BCUT2D eigenvalue weighted by atomic mass is 19.1. The molecule has 0 bridgehead atoms. The summed E-state index contributed by atoms with van der Waals surface area (Å²) in [6.45, 7) is 3.10. The van der Waals surface area contributed by atoms with Crippen molar-refractivity contribution in [3.8, 4) is 11.3 Å². The minimum absolute atomic E-state index is 0.238. The molecule has 3 nitrogen and oxygen atoms in total. The molecule has 0 aliphatic carbocycles. The SMILES string of the molecule is C[C@@H]1CC[C@H](c2nc(-c3ccc(F)cc3)co2)CN1. The predicted molar refractivity (Wildman–Crippen MR) is 71.3 cm³/mol. The van der Waals surface area contributed by atoms with Gasteiger partial charge >= 0.3 is 0 Å². The number of oxazole rings is 1. The van der Waals surface area contributed by atoms with Crippen LogP contribution < -0.4 is 5.32 Å². The lowest BCUT2D eigenvalue weighted by molar-refractivity contribution is 0.335. The van der Waals surface area contributed by atoms with Crippen molar-refractivity contribution in [3.05, 3.63) is 42.2 Å². The van der Waals surface area contributed by atoms with Crippen molar-refractivity contribution < 1.29 is 8.81 Å². The molecule has 2 atom stereocenters. The molecule has 2 aromatic rings. The van der Waals surface area contributed by atoms with Crippen LogP contribution in [0.1, 0.15) is 31.6 Å². The Morgan fingerprint density at radius 1 is 1.26 bits per heavy atom. The standard InChI is InChI=1S/C15H17FN2O/c1-10-2-3-12(8-17-10)15-18-14(9-19-15)11-4-6-13(16)7-5-11/h4-7,9-10,12,17H,2-3,8H2,1H3/t10-,12+/m1/s1. The molecule has 4 heteroatoms. The van der Waals surface area contributed by atoms with E-state index >= 15 is 0 Å². The second-order valence-electron chi connectivity index (χ2n) is 5.16. The van der Waals surface area contributed by atoms with Gasteiger partial charge in [-0.3, -0.25) is 0 Å². The maximum Gasteiger partial charge on any atom is 0.198 e. The fourth-order valence-corrected chi connectivity index (χ4v) is 2.44. The van der Waals surface area contributed by atoms with Crippen LogP contribution in [0.2, 0.25) is 0 Å². The first-order chi connectivity index (χ1) is 9.22. The lowest BCUT2D eigenvalue weighted by Gasteiger charge is -2.25. The van der Waals surface area contributed by atoms with Gasteiger partial charge in [0.05, 0.1) is 0 Å². The molecule has 1 aromatic carbocycles. The Morgan fingerprint density at radius 3 is 2.74 bits per heavy atom. The number of hydrogen-bond donors (Lipinski definition) is 1. The zero-order chi connectivity index (χ0) is 13.2. The van der Waals surface area contributed by atoms with E-state index in [-0.39, 0.29) is 5.82 Å². The molecule has 100 valence electrons. The molecule has 1 N–H and O–H groups in total. The Kier molecular flexibility index (Phi) is 3.34. The lowest BCUT2D eigenvalue weighted by atomic mass is 9.95. The predicted octanol–water partition coefficient (Wildman–Crippen LogP) is 3.34. The van der Waals surface area contributed by atoms with Gasteiger partial charge in [0.15, 0.2) is 5.89 Å². The molecule has 1 aliphatic rings. The molecule has 1 aromatic heterocycles. The van der Waals surface area contributed by atoms with E-state index in [0.29, 0.717) is 12.0 Å². The topological polar surface area (TPSA) is 38.1 Å². The fraction of sp³-hybridized carbons (Fsp3) is 0.400. The Balaban J connectivity index is 1.77. The number of halogens is 1. The summed E-state index contributed by atoms with van der Waals surface area (Å²) in [5.74, 6) is 0.877. The van der Waals surface area contributed by atoms with Gasteiger partial charge in [-0.25, -0.2) is 9.37 Å². The van der Waals surface area contributed by atoms with Gasteiger partial charge in [0.1, 0.15) is 17.8 Å². The van der Waals surface area contributed by atoms with Gasteiger partial charge in [-0.15, -0.1) is 0 Å². The van der Waals surface area contributed by atoms with Gasteiger partial charge in [0.25, 0.3) is 0 Å². The quantitative estimate of drug-likeness (QED) is 0.900. The van der Waals surface area contributed by atoms with Crippen LogP contribution in [-0.2, 0) is 0 Å². The number of aromatic nitrogens is 1. The first-order valence-corrected chi connectivity index (χ1v) is 6.67. The van der Waals surface area contributed by atoms with Crippen molar-refractivity contribution in [3.63, 3.8) is 0 Å². The summed E-state index contributed by atoms with van der Waals surface area (Å²) in [6.07, 6.45) is 3.89. The summed E-state index contributed by atoms with van der Waals surface area (Å²) in [5.41, 5.74) is 1.65. The van der Waals surface area contributed by atoms with Gasteiger partial charge in [-0.1, -0.05) is 0 Å². The molecular formula is C15H17FN2O. The zero-order valence-electron chi connectivity index (χ0n) is 10.9. The Hall–Kier alpha value is -1.68. The maximum atomic E-state index is 12.9. The summed E-state index contributed by atoms with van der Waals surface area (Å²) < 4.78 is 18.5. The molecule has 1 fully saturated rings. The van der Waals surface area contributed by atoms with Crippen LogP contribution in [0.25, 0.3) is 11.3 Å². The molecule has 0 unspecified atom stereocenters. The van der Waals surface area contributed by atoms with E-state index in [4.69, 9.17) is 4.42 Å². The van der Waals surface area contributed by atoms with E-state index in [2.05, 4.69) is 17.2 Å². The molecule has 3 rings (SSSR count).